The van der Waals surface area contributed by atoms with E-state index in [9.17, 15) is 14.9 Å². The van der Waals surface area contributed by atoms with Gasteiger partial charge in [0.05, 0.1) is 17.6 Å². The number of ether oxygens (including phenoxy) is 1. The van der Waals surface area contributed by atoms with Crippen LogP contribution in [0, 0.1) is 10.1 Å². The maximum atomic E-state index is 12.6. The van der Waals surface area contributed by atoms with E-state index in [1.165, 1.54) is 25.3 Å². The van der Waals surface area contributed by atoms with Crippen LogP contribution in [0.1, 0.15) is 24.2 Å². The van der Waals surface area contributed by atoms with Crippen LogP contribution in [-0.4, -0.2) is 48.0 Å². The number of nitro benzene ring substituents is 1. The van der Waals surface area contributed by atoms with E-state index in [1.807, 2.05) is 13.8 Å². The topological polar surface area (TPSA) is 84.7 Å². The summed E-state index contributed by atoms with van der Waals surface area (Å²) in [6, 6.07) is 4.21. The number of nitrogens with zero attached hydrogens (tertiary/aromatic N) is 2. The van der Waals surface area contributed by atoms with Crippen molar-refractivity contribution in [3.63, 3.8) is 0 Å². The van der Waals surface area contributed by atoms with Crippen LogP contribution in [0.15, 0.2) is 18.2 Å². The van der Waals surface area contributed by atoms with E-state index in [0.717, 1.165) is 6.54 Å². The van der Waals surface area contributed by atoms with Crippen molar-refractivity contribution in [3.05, 3.63) is 33.9 Å². The molecular formula is C14H19N3O4. The van der Waals surface area contributed by atoms with Crippen molar-refractivity contribution >= 4 is 11.6 Å². The summed E-state index contributed by atoms with van der Waals surface area (Å²) in [6.45, 7) is 6.02. The zero-order valence-corrected chi connectivity index (χ0v) is 12.4. The highest BCUT2D eigenvalue weighted by Crippen LogP contribution is 2.29. The Kier molecular flexibility index (Phi) is 4.13. The third-order valence-electron chi connectivity index (χ3n) is 3.67. The minimum Gasteiger partial charge on any atom is -0.490 e. The number of methoxy groups -OCH3 is 1. The third-order valence-corrected chi connectivity index (χ3v) is 3.67. The number of rotatable bonds is 3. The van der Waals surface area contributed by atoms with Crippen molar-refractivity contribution < 1.29 is 14.5 Å². The number of nitro groups is 1. The lowest BCUT2D eigenvalue weighted by Crippen LogP contribution is -2.59. The SMILES string of the molecule is COc1cc(C(=O)N2CCNCC2(C)C)ccc1[N+](=O)[O-]. The minimum absolute atomic E-state index is 0.0961. The molecule has 1 aliphatic rings. The first kappa shape index (κ1) is 15.2. The molecule has 0 radical (unpaired) electrons. The zero-order valence-electron chi connectivity index (χ0n) is 12.4. The van der Waals surface area contributed by atoms with Crippen LogP contribution in [0.4, 0.5) is 5.69 Å². The zero-order chi connectivity index (χ0) is 15.6. The van der Waals surface area contributed by atoms with E-state index in [-0.39, 0.29) is 22.9 Å². The molecule has 1 fully saturated rings. The van der Waals surface area contributed by atoms with Gasteiger partial charge in [-0.05, 0) is 19.9 Å². The van der Waals surface area contributed by atoms with E-state index in [1.54, 1.807) is 4.90 Å². The molecule has 1 N–H and O–H groups in total. The second-order valence-corrected chi connectivity index (χ2v) is 5.59. The smallest absolute Gasteiger partial charge is 0.310 e. The Balaban J connectivity index is 2.33. The van der Waals surface area contributed by atoms with E-state index in [2.05, 4.69) is 5.32 Å². The average molecular weight is 293 g/mol. The van der Waals surface area contributed by atoms with Crippen LogP contribution in [0.2, 0.25) is 0 Å². The Morgan fingerprint density at radius 2 is 2.19 bits per heavy atom. The summed E-state index contributed by atoms with van der Waals surface area (Å²) in [6.07, 6.45) is 0. The monoisotopic (exact) mass is 293 g/mol. The van der Waals surface area contributed by atoms with Crippen molar-refractivity contribution in [2.75, 3.05) is 26.7 Å². The molecule has 0 atom stereocenters. The van der Waals surface area contributed by atoms with E-state index in [0.29, 0.717) is 18.7 Å². The van der Waals surface area contributed by atoms with Gasteiger partial charge in [0.15, 0.2) is 5.75 Å². The number of hydrogen-bond donors (Lipinski definition) is 1. The van der Waals surface area contributed by atoms with Crippen LogP contribution in [0.5, 0.6) is 5.75 Å². The Morgan fingerprint density at radius 1 is 1.48 bits per heavy atom. The quantitative estimate of drug-likeness (QED) is 0.673. The molecule has 7 heteroatoms. The fourth-order valence-corrected chi connectivity index (χ4v) is 2.48. The molecule has 0 bridgehead atoms. The van der Waals surface area contributed by atoms with Gasteiger partial charge in [-0.3, -0.25) is 14.9 Å². The first-order chi connectivity index (χ1) is 9.86. The first-order valence-corrected chi connectivity index (χ1v) is 6.72. The van der Waals surface area contributed by atoms with Crippen molar-refractivity contribution in [1.82, 2.24) is 10.2 Å². The Bertz CT molecular complexity index is 571. The van der Waals surface area contributed by atoms with E-state index >= 15 is 0 Å². The Hall–Kier alpha value is -2.15. The number of hydrogen-bond acceptors (Lipinski definition) is 5. The first-order valence-electron chi connectivity index (χ1n) is 6.72. The van der Waals surface area contributed by atoms with Crippen molar-refractivity contribution in [3.8, 4) is 5.75 Å². The number of benzene rings is 1. The fraction of sp³-hybridized carbons (Fsp3) is 0.500. The summed E-state index contributed by atoms with van der Waals surface area (Å²) in [5.41, 5.74) is -0.0503. The Labute approximate surface area is 123 Å². The molecule has 1 heterocycles. The molecule has 21 heavy (non-hydrogen) atoms. The van der Waals surface area contributed by atoms with Crippen molar-refractivity contribution in [2.24, 2.45) is 0 Å². The molecular weight excluding hydrogens is 274 g/mol. The average Bonchev–Trinajstić information content (AvgIpc) is 2.45. The number of nitrogens with one attached hydrogen (secondary N) is 1. The van der Waals surface area contributed by atoms with Gasteiger partial charge in [0.2, 0.25) is 0 Å². The van der Waals surface area contributed by atoms with Crippen LogP contribution in [0.3, 0.4) is 0 Å². The summed E-state index contributed by atoms with van der Waals surface area (Å²) in [5.74, 6) is -0.0477. The largest absolute Gasteiger partial charge is 0.490 e. The lowest BCUT2D eigenvalue weighted by Gasteiger charge is -2.42. The van der Waals surface area contributed by atoms with Crippen LogP contribution >= 0.6 is 0 Å². The van der Waals surface area contributed by atoms with E-state index < -0.39 is 4.92 Å². The maximum Gasteiger partial charge on any atom is 0.310 e. The molecule has 0 saturated carbocycles. The van der Waals surface area contributed by atoms with Gasteiger partial charge < -0.3 is 15.0 Å². The van der Waals surface area contributed by atoms with Gasteiger partial charge >= 0.3 is 5.69 Å². The summed E-state index contributed by atoms with van der Waals surface area (Å²) in [7, 11) is 1.35. The van der Waals surface area contributed by atoms with Gasteiger partial charge in [0.25, 0.3) is 5.91 Å². The predicted octanol–water partition coefficient (Wildman–Crippen LogP) is 1.43. The molecule has 0 unspecified atom stereocenters. The third kappa shape index (κ3) is 2.97. The fourth-order valence-electron chi connectivity index (χ4n) is 2.48. The van der Waals surface area contributed by atoms with Crippen LogP contribution in [-0.2, 0) is 0 Å². The Morgan fingerprint density at radius 3 is 2.76 bits per heavy atom. The van der Waals surface area contributed by atoms with Gasteiger partial charge in [-0.2, -0.15) is 0 Å². The van der Waals surface area contributed by atoms with Crippen LogP contribution in [0.25, 0.3) is 0 Å². The minimum atomic E-state index is -0.526. The summed E-state index contributed by atoms with van der Waals surface area (Å²) < 4.78 is 5.01. The second kappa shape index (κ2) is 5.69. The lowest BCUT2D eigenvalue weighted by molar-refractivity contribution is -0.385. The van der Waals surface area contributed by atoms with E-state index in [4.69, 9.17) is 4.74 Å². The molecule has 0 spiro atoms. The van der Waals surface area contributed by atoms with Crippen molar-refractivity contribution in [2.45, 2.75) is 19.4 Å². The van der Waals surface area contributed by atoms with Crippen LogP contribution < -0.4 is 10.1 Å². The number of piperazine rings is 1. The molecule has 1 amide bonds. The second-order valence-electron chi connectivity index (χ2n) is 5.59. The molecule has 1 aliphatic heterocycles. The summed E-state index contributed by atoms with van der Waals surface area (Å²) in [5, 5.41) is 14.1. The molecule has 1 saturated heterocycles. The molecule has 0 aromatic heterocycles. The maximum absolute atomic E-state index is 12.6. The van der Waals surface area contributed by atoms with Crippen molar-refractivity contribution in [1.29, 1.82) is 0 Å². The normalized spacial score (nSPS) is 17.4. The van der Waals surface area contributed by atoms with Gasteiger partial charge in [-0.25, -0.2) is 0 Å². The highest BCUT2D eigenvalue weighted by Gasteiger charge is 2.34. The number of carbonyl (C=O) groups is 1. The standard InChI is InChI=1S/C14H19N3O4/c1-14(2)9-15-6-7-16(14)13(18)10-4-5-11(17(19)20)12(8-10)21-3/h4-5,8,15H,6-7,9H2,1-3H3. The molecule has 1 aromatic rings. The molecule has 1 aromatic carbocycles. The summed E-state index contributed by atoms with van der Waals surface area (Å²) >= 11 is 0. The summed E-state index contributed by atoms with van der Waals surface area (Å²) in [4.78, 5) is 24.8. The molecule has 114 valence electrons. The number of carbonyl (C=O) groups excluding carboxylic acids is 1. The molecule has 7 nitrogen and oxygen atoms in total. The van der Waals surface area contributed by atoms with Gasteiger partial charge in [-0.15, -0.1) is 0 Å². The van der Waals surface area contributed by atoms with Gasteiger partial charge in [-0.1, -0.05) is 0 Å². The molecule has 2 rings (SSSR count). The predicted molar refractivity (Wildman–Crippen MR) is 77.6 cm³/mol. The highest BCUT2D eigenvalue weighted by atomic mass is 16.6. The molecule has 0 aliphatic carbocycles. The lowest BCUT2D eigenvalue weighted by atomic mass is 9.98. The number of amides is 1. The van der Waals surface area contributed by atoms with Gasteiger partial charge in [0, 0.05) is 37.3 Å². The van der Waals surface area contributed by atoms with Gasteiger partial charge in [0.1, 0.15) is 0 Å². The highest BCUT2D eigenvalue weighted by molar-refractivity contribution is 5.95.